The van der Waals surface area contributed by atoms with Crippen LogP contribution in [0.2, 0.25) is 0 Å². The van der Waals surface area contributed by atoms with Crippen molar-refractivity contribution in [1.82, 2.24) is 0 Å². The third-order valence-corrected chi connectivity index (χ3v) is 7.96. The summed E-state index contributed by atoms with van der Waals surface area (Å²) in [7, 11) is -0.532. The molecule has 0 spiro atoms. The summed E-state index contributed by atoms with van der Waals surface area (Å²) in [4.78, 5) is 0. The second-order valence-corrected chi connectivity index (χ2v) is 8.63. The van der Waals surface area contributed by atoms with E-state index in [-0.39, 0.29) is 0 Å². The molecule has 0 fully saturated rings. The van der Waals surface area contributed by atoms with Crippen molar-refractivity contribution in [3.8, 4) is 0 Å². The van der Waals surface area contributed by atoms with Crippen LogP contribution in [-0.2, 0) is 0 Å². The summed E-state index contributed by atoms with van der Waals surface area (Å²) in [6, 6.07) is 22.0. The van der Waals surface area contributed by atoms with Crippen molar-refractivity contribution >= 4 is 23.8 Å². The molecule has 122 valence electrons. The van der Waals surface area contributed by atoms with Crippen LogP contribution < -0.4 is 15.9 Å². The number of rotatable bonds is 3. The minimum absolute atomic E-state index is 0.532. The van der Waals surface area contributed by atoms with Gasteiger partial charge in [0.1, 0.15) is 0 Å². The molecule has 1 heteroatoms. The molecule has 0 radical (unpaired) electrons. The highest BCUT2D eigenvalue weighted by Crippen LogP contribution is 2.37. The van der Waals surface area contributed by atoms with Crippen molar-refractivity contribution in [2.45, 2.75) is 34.6 Å². The first-order chi connectivity index (χ1) is 11.5. The van der Waals surface area contributed by atoms with Gasteiger partial charge in [-0.3, -0.25) is 0 Å². The zero-order valence-corrected chi connectivity index (χ0v) is 16.1. The first kappa shape index (κ1) is 16.9. The minimum atomic E-state index is -0.532. The van der Waals surface area contributed by atoms with Crippen LogP contribution in [0.3, 0.4) is 0 Å². The molecule has 0 aliphatic heterocycles. The van der Waals surface area contributed by atoms with E-state index in [0.717, 1.165) is 0 Å². The molecule has 0 amide bonds. The second-order valence-electron chi connectivity index (χ2n) is 6.48. The maximum absolute atomic E-state index is 2.30. The molecule has 0 atom stereocenters. The third kappa shape index (κ3) is 2.92. The van der Waals surface area contributed by atoms with Gasteiger partial charge in [0.2, 0.25) is 0 Å². The first-order valence-corrected chi connectivity index (χ1v) is 9.83. The largest absolute Gasteiger partial charge is 0.0622 e. The van der Waals surface area contributed by atoms with Crippen LogP contribution in [0.15, 0.2) is 60.7 Å². The highest BCUT2D eigenvalue weighted by molar-refractivity contribution is 7.80. The van der Waals surface area contributed by atoms with Crippen molar-refractivity contribution < 1.29 is 0 Å². The van der Waals surface area contributed by atoms with E-state index in [1.807, 2.05) is 0 Å². The Bertz CT molecular complexity index is 780. The molecule has 3 rings (SSSR count). The van der Waals surface area contributed by atoms with Crippen molar-refractivity contribution in [3.05, 3.63) is 88.5 Å². The van der Waals surface area contributed by atoms with Gasteiger partial charge in [0, 0.05) is 0 Å². The Labute approximate surface area is 147 Å². The second kappa shape index (κ2) is 6.91. The van der Waals surface area contributed by atoms with Crippen LogP contribution in [0.25, 0.3) is 0 Å². The molecule has 0 saturated heterocycles. The highest BCUT2D eigenvalue weighted by Gasteiger charge is 2.23. The quantitative estimate of drug-likeness (QED) is 0.593. The fourth-order valence-corrected chi connectivity index (χ4v) is 6.14. The Morgan fingerprint density at radius 1 is 0.458 bits per heavy atom. The SMILES string of the molecule is Cc1c(C)c(C)c(P(c2ccccc2)c2ccccc2)c(C)c1C. The lowest BCUT2D eigenvalue weighted by molar-refractivity contribution is 1.20. The van der Waals surface area contributed by atoms with E-state index < -0.39 is 7.92 Å². The summed E-state index contributed by atoms with van der Waals surface area (Å²) in [5.41, 5.74) is 7.22. The van der Waals surface area contributed by atoms with E-state index in [4.69, 9.17) is 0 Å². The molecule has 0 nitrogen and oxygen atoms in total. The first-order valence-electron chi connectivity index (χ1n) is 8.49. The standard InChI is InChI=1S/C23H25P/c1-16-17(2)19(4)23(20(5)18(16)3)24(21-12-8-6-9-13-21)22-14-10-7-11-15-22/h6-15H,1-5H3. The van der Waals surface area contributed by atoms with Gasteiger partial charge in [0.15, 0.2) is 0 Å². The molecule has 0 saturated carbocycles. The van der Waals surface area contributed by atoms with Crippen LogP contribution in [0, 0.1) is 34.6 Å². The van der Waals surface area contributed by atoms with Crippen molar-refractivity contribution in [2.24, 2.45) is 0 Å². The lowest BCUT2D eigenvalue weighted by atomic mass is 9.95. The molecule has 0 bridgehead atoms. The zero-order chi connectivity index (χ0) is 17.3. The summed E-state index contributed by atoms with van der Waals surface area (Å²) < 4.78 is 0. The van der Waals surface area contributed by atoms with Gasteiger partial charge >= 0.3 is 0 Å². The maximum atomic E-state index is 2.30. The maximum Gasteiger partial charge on any atom is -0.00872 e. The minimum Gasteiger partial charge on any atom is -0.0622 e. The van der Waals surface area contributed by atoms with Crippen molar-refractivity contribution in [3.63, 3.8) is 0 Å². The molecule has 3 aromatic rings. The normalized spacial score (nSPS) is 11.1. The Balaban J connectivity index is 2.33. The number of hydrogen-bond donors (Lipinski definition) is 0. The molecular formula is C23H25P. The molecule has 3 aromatic carbocycles. The fraction of sp³-hybridized carbons (Fsp3) is 0.217. The molecule has 0 unspecified atom stereocenters. The van der Waals surface area contributed by atoms with Crippen LogP contribution in [0.4, 0.5) is 0 Å². The monoisotopic (exact) mass is 332 g/mol. The lowest BCUT2D eigenvalue weighted by Crippen LogP contribution is -2.26. The fourth-order valence-electron chi connectivity index (χ4n) is 3.38. The van der Waals surface area contributed by atoms with E-state index in [0.29, 0.717) is 0 Å². The van der Waals surface area contributed by atoms with Crippen molar-refractivity contribution in [1.29, 1.82) is 0 Å². The summed E-state index contributed by atoms with van der Waals surface area (Å²) in [6.45, 7) is 11.4. The smallest absolute Gasteiger partial charge is 0.00872 e. The number of benzene rings is 3. The third-order valence-electron chi connectivity index (χ3n) is 5.21. The molecular weight excluding hydrogens is 307 g/mol. The Kier molecular flexibility index (Phi) is 4.88. The van der Waals surface area contributed by atoms with Gasteiger partial charge in [-0.15, -0.1) is 0 Å². The number of hydrogen-bond acceptors (Lipinski definition) is 0. The van der Waals surface area contributed by atoms with Gasteiger partial charge in [0.25, 0.3) is 0 Å². The van der Waals surface area contributed by atoms with E-state index in [1.54, 1.807) is 0 Å². The van der Waals surface area contributed by atoms with E-state index in [2.05, 4.69) is 95.3 Å². The Hall–Kier alpha value is -1.91. The van der Waals surface area contributed by atoms with Crippen LogP contribution in [0.1, 0.15) is 27.8 Å². The topological polar surface area (TPSA) is 0 Å². The van der Waals surface area contributed by atoms with Gasteiger partial charge in [-0.25, -0.2) is 0 Å². The van der Waals surface area contributed by atoms with Gasteiger partial charge in [-0.1, -0.05) is 60.7 Å². The molecule has 0 aliphatic rings. The summed E-state index contributed by atoms with van der Waals surface area (Å²) in [5, 5.41) is 4.38. The average molecular weight is 332 g/mol. The summed E-state index contributed by atoms with van der Waals surface area (Å²) in [6.07, 6.45) is 0. The zero-order valence-electron chi connectivity index (χ0n) is 15.2. The lowest BCUT2D eigenvalue weighted by Gasteiger charge is -2.27. The molecule has 0 heterocycles. The molecule has 0 aliphatic carbocycles. The van der Waals surface area contributed by atoms with Crippen LogP contribution in [0.5, 0.6) is 0 Å². The van der Waals surface area contributed by atoms with Gasteiger partial charge < -0.3 is 0 Å². The van der Waals surface area contributed by atoms with Gasteiger partial charge in [-0.2, -0.15) is 0 Å². The summed E-state index contributed by atoms with van der Waals surface area (Å²) >= 11 is 0. The Morgan fingerprint density at radius 2 is 0.792 bits per heavy atom. The van der Waals surface area contributed by atoms with E-state index in [1.165, 1.54) is 43.7 Å². The van der Waals surface area contributed by atoms with Crippen molar-refractivity contribution in [2.75, 3.05) is 0 Å². The van der Waals surface area contributed by atoms with Crippen LogP contribution >= 0.6 is 7.92 Å². The predicted octanol–water partition coefficient (Wildman–Crippen LogP) is 4.99. The average Bonchev–Trinajstić information content (AvgIpc) is 2.63. The molecule has 24 heavy (non-hydrogen) atoms. The van der Waals surface area contributed by atoms with Gasteiger partial charge in [-0.05, 0) is 86.3 Å². The highest BCUT2D eigenvalue weighted by atomic mass is 31.1. The van der Waals surface area contributed by atoms with E-state index in [9.17, 15) is 0 Å². The van der Waals surface area contributed by atoms with E-state index >= 15 is 0 Å². The predicted molar refractivity (Wildman–Crippen MR) is 109 cm³/mol. The van der Waals surface area contributed by atoms with Gasteiger partial charge in [0.05, 0.1) is 0 Å². The van der Waals surface area contributed by atoms with Crippen LogP contribution in [-0.4, -0.2) is 0 Å². The molecule has 0 aromatic heterocycles. The molecule has 0 N–H and O–H groups in total. The summed E-state index contributed by atoms with van der Waals surface area (Å²) in [5.74, 6) is 0. The Morgan fingerprint density at radius 3 is 1.17 bits per heavy atom.